The van der Waals surface area contributed by atoms with Crippen LogP contribution >= 0.6 is 0 Å². The fourth-order valence-corrected chi connectivity index (χ4v) is 3.92. The Labute approximate surface area is 125 Å². The van der Waals surface area contributed by atoms with Gasteiger partial charge in [-0.15, -0.1) is 0 Å². The van der Waals surface area contributed by atoms with Gasteiger partial charge in [-0.3, -0.25) is 4.90 Å². The lowest BCUT2D eigenvalue weighted by atomic mass is 9.89. The second-order valence-corrected chi connectivity index (χ2v) is 6.09. The van der Waals surface area contributed by atoms with Crippen LogP contribution in [0.15, 0.2) is 22.6 Å². The second kappa shape index (κ2) is 5.04. The van der Waals surface area contributed by atoms with E-state index in [2.05, 4.69) is 29.4 Å². The fraction of sp³-hybridized carbons (Fsp3) is 0.529. The molecule has 1 aromatic carbocycles. The zero-order valence-electron chi connectivity index (χ0n) is 12.7. The van der Waals surface area contributed by atoms with Crippen LogP contribution in [0.5, 0.6) is 5.75 Å². The van der Waals surface area contributed by atoms with Gasteiger partial charge in [0.2, 0.25) is 0 Å². The number of furan rings is 1. The molecule has 1 fully saturated rings. The molecule has 2 aliphatic rings. The molecule has 2 aromatic rings. The quantitative estimate of drug-likeness (QED) is 0.921. The van der Waals surface area contributed by atoms with Crippen molar-refractivity contribution in [1.82, 2.24) is 10.2 Å². The number of fused-ring (bicyclic) bond motifs is 5. The van der Waals surface area contributed by atoms with E-state index in [0.717, 1.165) is 37.3 Å². The maximum Gasteiger partial charge on any atom is 0.176 e. The molecule has 0 bridgehead atoms. The van der Waals surface area contributed by atoms with E-state index in [1.54, 1.807) is 7.11 Å². The Hall–Kier alpha value is -1.52. The van der Waals surface area contributed by atoms with Gasteiger partial charge in [0.15, 0.2) is 11.3 Å². The molecule has 0 saturated carbocycles. The van der Waals surface area contributed by atoms with E-state index in [0.29, 0.717) is 12.1 Å². The first-order valence-electron chi connectivity index (χ1n) is 7.81. The van der Waals surface area contributed by atoms with Crippen LogP contribution in [0.1, 0.15) is 30.2 Å². The molecular formula is C17H22N2O2. The van der Waals surface area contributed by atoms with Crippen LogP contribution in [0.4, 0.5) is 0 Å². The summed E-state index contributed by atoms with van der Waals surface area (Å²) in [6.45, 7) is 2.30. The Morgan fingerprint density at radius 1 is 1.33 bits per heavy atom. The molecule has 1 aromatic heterocycles. The minimum atomic E-state index is 0.414. The third-order valence-corrected chi connectivity index (χ3v) is 5.11. The number of rotatable bonds is 2. The van der Waals surface area contributed by atoms with Gasteiger partial charge in [-0.05, 0) is 32.4 Å². The van der Waals surface area contributed by atoms with Gasteiger partial charge in [0, 0.05) is 30.1 Å². The zero-order chi connectivity index (χ0) is 14.4. The molecule has 4 nitrogen and oxygen atoms in total. The maximum absolute atomic E-state index is 6.28. The van der Waals surface area contributed by atoms with Gasteiger partial charge >= 0.3 is 0 Å². The topological polar surface area (TPSA) is 37.6 Å². The summed E-state index contributed by atoms with van der Waals surface area (Å²) in [5.74, 6) is 2.01. The SMILES string of the molecule is CNC1CCN2CCc3c(oc4c(OC)cccc34)C2C1. The summed E-state index contributed by atoms with van der Waals surface area (Å²) in [6, 6.07) is 7.20. The Morgan fingerprint density at radius 3 is 3.05 bits per heavy atom. The van der Waals surface area contributed by atoms with E-state index in [1.165, 1.54) is 23.1 Å². The van der Waals surface area contributed by atoms with E-state index in [1.807, 2.05) is 6.07 Å². The third-order valence-electron chi connectivity index (χ3n) is 5.11. The Morgan fingerprint density at radius 2 is 2.24 bits per heavy atom. The molecule has 4 rings (SSSR count). The molecule has 21 heavy (non-hydrogen) atoms. The number of ether oxygens (including phenoxy) is 1. The van der Waals surface area contributed by atoms with Gasteiger partial charge in [-0.2, -0.15) is 0 Å². The first-order chi connectivity index (χ1) is 10.3. The molecule has 1 saturated heterocycles. The smallest absolute Gasteiger partial charge is 0.176 e. The van der Waals surface area contributed by atoms with Crippen molar-refractivity contribution in [2.75, 3.05) is 27.2 Å². The molecule has 112 valence electrons. The van der Waals surface area contributed by atoms with Gasteiger partial charge in [0.05, 0.1) is 13.2 Å². The molecule has 4 heteroatoms. The lowest BCUT2D eigenvalue weighted by Gasteiger charge is -2.41. The number of para-hydroxylation sites is 1. The Balaban J connectivity index is 1.82. The van der Waals surface area contributed by atoms with Crippen molar-refractivity contribution in [2.45, 2.75) is 31.3 Å². The summed E-state index contributed by atoms with van der Waals surface area (Å²) in [5.41, 5.74) is 2.31. The van der Waals surface area contributed by atoms with Gasteiger partial charge in [0.1, 0.15) is 5.76 Å². The van der Waals surface area contributed by atoms with Crippen molar-refractivity contribution >= 4 is 11.0 Å². The number of methoxy groups -OCH3 is 1. The molecule has 2 unspecified atom stereocenters. The molecule has 0 aliphatic carbocycles. The maximum atomic E-state index is 6.28. The van der Waals surface area contributed by atoms with Gasteiger partial charge < -0.3 is 14.5 Å². The van der Waals surface area contributed by atoms with Crippen LogP contribution in [-0.2, 0) is 6.42 Å². The highest BCUT2D eigenvalue weighted by Gasteiger charge is 2.36. The van der Waals surface area contributed by atoms with Crippen LogP contribution in [0.3, 0.4) is 0 Å². The highest BCUT2D eigenvalue weighted by Crippen LogP contribution is 2.43. The third kappa shape index (κ3) is 1.97. The van der Waals surface area contributed by atoms with Crippen LogP contribution in [0.2, 0.25) is 0 Å². The van der Waals surface area contributed by atoms with Crippen LogP contribution < -0.4 is 10.1 Å². The predicted molar refractivity (Wildman–Crippen MR) is 82.9 cm³/mol. The first kappa shape index (κ1) is 13.2. The molecular weight excluding hydrogens is 264 g/mol. The highest BCUT2D eigenvalue weighted by atomic mass is 16.5. The summed E-state index contributed by atoms with van der Waals surface area (Å²) in [4.78, 5) is 2.57. The lowest BCUT2D eigenvalue weighted by Crippen LogP contribution is -2.45. The van der Waals surface area contributed by atoms with Crippen LogP contribution in [-0.4, -0.2) is 38.2 Å². The summed E-state index contributed by atoms with van der Waals surface area (Å²) in [6.07, 6.45) is 3.44. The van der Waals surface area contributed by atoms with Crippen molar-refractivity contribution < 1.29 is 9.15 Å². The molecule has 0 radical (unpaired) electrons. The summed E-state index contributed by atoms with van der Waals surface area (Å²) in [7, 11) is 3.77. The van der Waals surface area contributed by atoms with E-state index >= 15 is 0 Å². The Bertz CT molecular complexity index is 664. The van der Waals surface area contributed by atoms with E-state index in [9.17, 15) is 0 Å². The average Bonchev–Trinajstić information content (AvgIpc) is 2.93. The molecule has 2 aliphatic heterocycles. The average molecular weight is 286 g/mol. The number of nitrogens with zero attached hydrogens (tertiary/aromatic N) is 1. The summed E-state index contributed by atoms with van der Waals surface area (Å²) in [5, 5.41) is 4.66. The number of hydrogen-bond acceptors (Lipinski definition) is 4. The first-order valence-corrected chi connectivity index (χ1v) is 7.81. The molecule has 1 N–H and O–H groups in total. The highest BCUT2D eigenvalue weighted by molar-refractivity contribution is 5.87. The Kier molecular flexibility index (Phi) is 3.16. The van der Waals surface area contributed by atoms with Gasteiger partial charge in [-0.1, -0.05) is 12.1 Å². The minimum Gasteiger partial charge on any atom is -0.493 e. The number of nitrogens with one attached hydrogen (secondary N) is 1. The molecule has 0 amide bonds. The van der Waals surface area contributed by atoms with E-state index < -0.39 is 0 Å². The second-order valence-electron chi connectivity index (χ2n) is 6.09. The minimum absolute atomic E-state index is 0.414. The fourth-order valence-electron chi connectivity index (χ4n) is 3.92. The van der Waals surface area contributed by atoms with Crippen LogP contribution in [0, 0.1) is 0 Å². The van der Waals surface area contributed by atoms with Gasteiger partial charge in [0.25, 0.3) is 0 Å². The number of piperidine rings is 1. The molecule has 0 spiro atoms. The largest absolute Gasteiger partial charge is 0.493 e. The van der Waals surface area contributed by atoms with Crippen molar-refractivity contribution in [3.63, 3.8) is 0 Å². The molecule has 2 atom stereocenters. The summed E-state index contributed by atoms with van der Waals surface area (Å²) < 4.78 is 11.7. The van der Waals surface area contributed by atoms with Crippen molar-refractivity contribution in [1.29, 1.82) is 0 Å². The van der Waals surface area contributed by atoms with E-state index in [-0.39, 0.29) is 0 Å². The van der Waals surface area contributed by atoms with Crippen LogP contribution in [0.25, 0.3) is 11.0 Å². The standard InChI is InChI=1S/C17H22N2O2/c1-18-11-6-8-19-9-7-13-12-4-3-5-15(20-2)17(12)21-16(13)14(19)10-11/h3-5,11,14,18H,6-10H2,1-2H3. The van der Waals surface area contributed by atoms with Gasteiger partial charge in [-0.25, -0.2) is 0 Å². The zero-order valence-corrected chi connectivity index (χ0v) is 12.7. The number of hydrogen-bond donors (Lipinski definition) is 1. The lowest BCUT2D eigenvalue weighted by molar-refractivity contribution is 0.101. The number of benzene rings is 1. The van der Waals surface area contributed by atoms with Crippen molar-refractivity contribution in [2.24, 2.45) is 0 Å². The monoisotopic (exact) mass is 286 g/mol. The van der Waals surface area contributed by atoms with Crippen molar-refractivity contribution in [3.8, 4) is 5.75 Å². The van der Waals surface area contributed by atoms with E-state index in [4.69, 9.17) is 9.15 Å². The predicted octanol–water partition coefficient (Wildman–Crippen LogP) is 2.72. The van der Waals surface area contributed by atoms with Crippen molar-refractivity contribution in [3.05, 3.63) is 29.5 Å². The normalized spacial score (nSPS) is 25.6. The summed E-state index contributed by atoms with van der Waals surface area (Å²) >= 11 is 0. The molecule has 3 heterocycles.